The van der Waals surface area contributed by atoms with Crippen molar-refractivity contribution in [1.29, 1.82) is 0 Å². The van der Waals surface area contributed by atoms with E-state index in [1.54, 1.807) is 6.92 Å². The highest BCUT2D eigenvalue weighted by molar-refractivity contribution is 8.93. The molecule has 2 aromatic rings. The van der Waals surface area contributed by atoms with Crippen LogP contribution >= 0.6 is 28.7 Å². The summed E-state index contributed by atoms with van der Waals surface area (Å²) in [4.78, 5) is 28.9. The third kappa shape index (κ3) is 4.18. The van der Waals surface area contributed by atoms with Crippen LogP contribution in [0.15, 0.2) is 17.3 Å². The number of carboxylic acid groups (broad SMARTS) is 1. The lowest BCUT2D eigenvalue weighted by molar-refractivity contribution is -0.139. The molecule has 2 N–H and O–H groups in total. The van der Waals surface area contributed by atoms with Gasteiger partial charge in [-0.1, -0.05) is 11.8 Å². The molecule has 0 unspecified atom stereocenters. The van der Waals surface area contributed by atoms with E-state index in [1.165, 1.54) is 0 Å². The highest BCUT2D eigenvalue weighted by atomic mass is 79.9. The van der Waals surface area contributed by atoms with Crippen LogP contribution in [0.2, 0.25) is 0 Å². The number of aromatic carboxylic acids is 1. The summed E-state index contributed by atoms with van der Waals surface area (Å²) in [5.41, 5.74) is 0.264. The number of imidazole rings is 1. The second kappa shape index (κ2) is 7.41. The third-order valence-corrected chi connectivity index (χ3v) is 3.26. The van der Waals surface area contributed by atoms with Crippen molar-refractivity contribution in [2.24, 2.45) is 0 Å². The number of carboxylic acids is 1. The van der Waals surface area contributed by atoms with Crippen LogP contribution in [-0.2, 0) is 9.53 Å². The highest BCUT2D eigenvalue weighted by Crippen LogP contribution is 2.22. The van der Waals surface area contributed by atoms with Crippen LogP contribution < -0.4 is 0 Å². The summed E-state index contributed by atoms with van der Waals surface area (Å²) < 4.78 is 18.3. The fourth-order valence-corrected chi connectivity index (χ4v) is 2.25. The number of nitrogens with zero attached hydrogens (tertiary/aromatic N) is 1. The van der Waals surface area contributed by atoms with Gasteiger partial charge in [-0.2, -0.15) is 0 Å². The molecular weight excluding hydrogens is 367 g/mol. The number of hydrogen-bond donors (Lipinski definition) is 2. The van der Waals surface area contributed by atoms with Gasteiger partial charge in [-0.05, 0) is 13.0 Å². The zero-order valence-electron chi connectivity index (χ0n) is 10.9. The number of H-pyrrole nitrogens is 1. The largest absolute Gasteiger partial charge is 0.478 e. The number of fused-ring (bicyclic) bond motifs is 1. The first-order valence-corrected chi connectivity index (χ1v) is 6.70. The number of halogens is 2. The molecule has 21 heavy (non-hydrogen) atoms. The summed E-state index contributed by atoms with van der Waals surface area (Å²) in [6, 6.07) is 2.22. The van der Waals surface area contributed by atoms with E-state index in [0.717, 1.165) is 23.9 Å². The monoisotopic (exact) mass is 378 g/mol. The molecule has 114 valence electrons. The van der Waals surface area contributed by atoms with Crippen molar-refractivity contribution in [2.45, 2.75) is 12.1 Å². The topological polar surface area (TPSA) is 92.3 Å². The molecule has 0 aliphatic carbocycles. The molecule has 0 amide bonds. The summed E-state index contributed by atoms with van der Waals surface area (Å²) in [6.45, 7) is 2.01. The third-order valence-electron chi connectivity index (χ3n) is 2.41. The lowest BCUT2D eigenvalue weighted by atomic mass is 10.2. The molecule has 9 heteroatoms. The molecule has 0 saturated carbocycles. The normalized spacial score (nSPS) is 10.2. The van der Waals surface area contributed by atoms with Gasteiger partial charge in [0.1, 0.15) is 5.82 Å². The van der Waals surface area contributed by atoms with Gasteiger partial charge in [0.15, 0.2) is 5.16 Å². The number of hydrogen-bond acceptors (Lipinski definition) is 5. The van der Waals surface area contributed by atoms with Gasteiger partial charge < -0.3 is 14.8 Å². The minimum atomic E-state index is -1.35. The van der Waals surface area contributed by atoms with Crippen LogP contribution in [0.25, 0.3) is 11.0 Å². The van der Waals surface area contributed by atoms with Crippen molar-refractivity contribution in [3.05, 3.63) is 23.5 Å². The predicted octanol–water partition coefficient (Wildman–Crippen LogP) is 2.63. The SMILES string of the molecule is Br.CCOC(=O)CSc1nc2cc(C(=O)O)c(F)cc2[nH]1. The Balaban J connectivity index is 0.00000220. The Bertz CT molecular complexity index is 677. The number of carbonyl (C=O) groups excluding carboxylic acids is 1. The number of nitrogens with one attached hydrogen (secondary N) is 1. The van der Waals surface area contributed by atoms with E-state index < -0.39 is 17.3 Å². The van der Waals surface area contributed by atoms with Crippen LogP contribution in [0.4, 0.5) is 4.39 Å². The molecule has 1 heterocycles. The molecule has 1 aromatic carbocycles. The van der Waals surface area contributed by atoms with E-state index in [0.29, 0.717) is 22.8 Å². The summed E-state index contributed by atoms with van der Waals surface area (Å²) in [5.74, 6) is -2.50. The zero-order valence-corrected chi connectivity index (χ0v) is 13.4. The fourth-order valence-electron chi connectivity index (χ4n) is 1.57. The van der Waals surface area contributed by atoms with Crippen LogP contribution in [0, 0.1) is 5.82 Å². The Labute approximate surface area is 133 Å². The summed E-state index contributed by atoms with van der Waals surface area (Å²) in [7, 11) is 0. The van der Waals surface area contributed by atoms with Crippen LogP contribution in [-0.4, -0.2) is 39.4 Å². The lowest BCUT2D eigenvalue weighted by Gasteiger charge is -1.98. The number of aromatic amines is 1. The van der Waals surface area contributed by atoms with Gasteiger partial charge >= 0.3 is 11.9 Å². The van der Waals surface area contributed by atoms with Gasteiger partial charge in [-0.25, -0.2) is 14.2 Å². The van der Waals surface area contributed by atoms with Crippen molar-refractivity contribution < 1.29 is 23.8 Å². The lowest BCUT2D eigenvalue weighted by Crippen LogP contribution is -2.06. The Morgan fingerprint density at radius 2 is 2.19 bits per heavy atom. The molecule has 2 rings (SSSR count). The van der Waals surface area contributed by atoms with Crippen molar-refractivity contribution in [1.82, 2.24) is 9.97 Å². The first-order chi connectivity index (χ1) is 9.51. The molecule has 0 aliphatic heterocycles. The molecule has 1 aromatic heterocycles. The van der Waals surface area contributed by atoms with Crippen molar-refractivity contribution in [2.75, 3.05) is 12.4 Å². The Kier molecular flexibility index (Phi) is 6.16. The molecular formula is C12H12BrFN2O4S. The van der Waals surface area contributed by atoms with E-state index in [-0.39, 0.29) is 28.7 Å². The highest BCUT2D eigenvalue weighted by Gasteiger charge is 2.14. The molecule has 0 spiro atoms. The average Bonchev–Trinajstić information content (AvgIpc) is 2.77. The van der Waals surface area contributed by atoms with Crippen molar-refractivity contribution in [3.63, 3.8) is 0 Å². The van der Waals surface area contributed by atoms with Crippen LogP contribution in [0.1, 0.15) is 17.3 Å². The fraction of sp³-hybridized carbons (Fsp3) is 0.250. The number of esters is 1. The number of benzene rings is 1. The van der Waals surface area contributed by atoms with Crippen LogP contribution in [0.3, 0.4) is 0 Å². The Morgan fingerprint density at radius 3 is 2.81 bits per heavy atom. The quantitative estimate of drug-likeness (QED) is 0.613. The van der Waals surface area contributed by atoms with Crippen LogP contribution in [0.5, 0.6) is 0 Å². The maximum Gasteiger partial charge on any atom is 0.338 e. The van der Waals surface area contributed by atoms with Gasteiger partial charge in [-0.3, -0.25) is 4.79 Å². The van der Waals surface area contributed by atoms with Gasteiger partial charge in [-0.15, -0.1) is 17.0 Å². The maximum absolute atomic E-state index is 13.5. The molecule has 0 saturated heterocycles. The first-order valence-electron chi connectivity index (χ1n) is 5.72. The van der Waals surface area contributed by atoms with E-state index in [4.69, 9.17) is 9.84 Å². The zero-order chi connectivity index (χ0) is 14.7. The Hall–Kier alpha value is -1.61. The van der Waals surface area contributed by atoms with Gasteiger partial charge in [0, 0.05) is 6.07 Å². The average molecular weight is 379 g/mol. The minimum absolute atomic E-state index is 0. The summed E-state index contributed by atoms with van der Waals surface area (Å²) in [5, 5.41) is 9.22. The predicted molar refractivity (Wildman–Crippen MR) is 80.7 cm³/mol. The standard InChI is InChI=1S/C12H11FN2O4S.BrH/c1-2-19-10(16)5-20-12-14-8-3-6(11(17)18)7(13)4-9(8)15-12;/h3-4H,2,5H2,1H3,(H,14,15)(H,17,18);1H. The maximum atomic E-state index is 13.5. The molecule has 0 atom stereocenters. The molecule has 0 bridgehead atoms. The number of thioether (sulfide) groups is 1. The smallest absolute Gasteiger partial charge is 0.338 e. The van der Waals surface area contributed by atoms with Crippen molar-refractivity contribution >= 4 is 51.7 Å². The molecule has 0 aliphatic rings. The number of rotatable bonds is 5. The van der Waals surface area contributed by atoms with Gasteiger partial charge in [0.2, 0.25) is 0 Å². The molecule has 0 radical (unpaired) electrons. The first kappa shape index (κ1) is 17.4. The minimum Gasteiger partial charge on any atom is -0.478 e. The summed E-state index contributed by atoms with van der Waals surface area (Å²) in [6.07, 6.45) is 0. The number of carbonyl (C=O) groups is 2. The van der Waals surface area contributed by atoms with Gasteiger partial charge in [0.25, 0.3) is 0 Å². The van der Waals surface area contributed by atoms with Crippen molar-refractivity contribution in [3.8, 4) is 0 Å². The number of aromatic nitrogens is 2. The second-order valence-corrected chi connectivity index (χ2v) is 4.75. The van der Waals surface area contributed by atoms with E-state index >= 15 is 0 Å². The van der Waals surface area contributed by atoms with E-state index in [1.807, 2.05) is 0 Å². The summed E-state index contributed by atoms with van der Waals surface area (Å²) >= 11 is 1.10. The van der Waals surface area contributed by atoms with E-state index in [2.05, 4.69) is 9.97 Å². The number of ether oxygens (including phenoxy) is 1. The van der Waals surface area contributed by atoms with Gasteiger partial charge in [0.05, 0.1) is 29.0 Å². The second-order valence-electron chi connectivity index (χ2n) is 3.79. The Morgan fingerprint density at radius 1 is 1.48 bits per heavy atom. The van der Waals surface area contributed by atoms with E-state index in [9.17, 15) is 14.0 Å². The molecule has 0 fully saturated rings. The molecule has 6 nitrogen and oxygen atoms in total.